The van der Waals surface area contributed by atoms with Gasteiger partial charge in [-0.05, 0) is 134 Å². The van der Waals surface area contributed by atoms with Gasteiger partial charge < -0.3 is 9.13 Å². The molecule has 0 aliphatic rings. The number of fused-ring (bicyclic) bond motifs is 6. The lowest BCUT2D eigenvalue weighted by atomic mass is 9.79. The minimum absolute atomic E-state index is 0.0161. The van der Waals surface area contributed by atoms with Crippen molar-refractivity contribution in [3.63, 3.8) is 0 Å². The predicted molar refractivity (Wildman–Crippen MR) is 322 cm³/mol. The Morgan fingerprint density at radius 1 is 0.303 bits per heavy atom. The third-order valence-corrected chi connectivity index (χ3v) is 15.4. The number of aromatic nitrogens is 6. The van der Waals surface area contributed by atoms with E-state index in [0.29, 0.717) is 17.5 Å². The minimum atomic E-state index is -0.109. The summed E-state index contributed by atoms with van der Waals surface area (Å²) in [6.45, 7) is 34.2. The smallest absolute Gasteiger partial charge is 0.164 e. The molecule has 0 fully saturated rings. The minimum Gasteiger partial charge on any atom is -0.309 e. The first kappa shape index (κ1) is 50.5. The van der Waals surface area contributed by atoms with E-state index >= 15 is 0 Å². The van der Waals surface area contributed by atoms with Crippen LogP contribution in [0.5, 0.6) is 0 Å². The molecule has 0 bridgehead atoms. The molecule has 0 spiro atoms. The Bertz CT molecular complexity index is 3860. The molecule has 76 heavy (non-hydrogen) atoms. The van der Waals surface area contributed by atoms with E-state index in [1.807, 2.05) is 12.4 Å². The first-order valence-electron chi connectivity index (χ1n) is 27.0. The zero-order valence-electron chi connectivity index (χ0n) is 47.3. The van der Waals surface area contributed by atoms with Gasteiger partial charge in [0.15, 0.2) is 17.5 Å². The molecule has 11 aromatic rings. The van der Waals surface area contributed by atoms with Gasteiger partial charge in [-0.25, -0.2) is 15.0 Å². The molecule has 4 aromatic heterocycles. The van der Waals surface area contributed by atoms with Crippen molar-refractivity contribution in [2.45, 2.75) is 131 Å². The molecule has 0 saturated heterocycles. The fourth-order valence-electron chi connectivity index (χ4n) is 10.8. The first-order valence-corrected chi connectivity index (χ1v) is 27.0. The summed E-state index contributed by atoms with van der Waals surface area (Å²) in [5.41, 5.74) is 17.2. The van der Waals surface area contributed by atoms with Crippen LogP contribution in [0.3, 0.4) is 0 Å². The lowest BCUT2D eigenvalue weighted by Crippen LogP contribution is -2.17. The summed E-state index contributed by atoms with van der Waals surface area (Å²) in [6.07, 6.45) is 3.96. The molecule has 6 heteroatoms. The molecule has 0 radical (unpaired) electrons. The van der Waals surface area contributed by atoms with Crippen LogP contribution in [0.15, 0.2) is 164 Å². The van der Waals surface area contributed by atoms with Crippen LogP contribution in [-0.2, 0) is 27.1 Å². The summed E-state index contributed by atoms with van der Waals surface area (Å²) in [5.74, 6) is 1.90. The highest BCUT2D eigenvalue weighted by Gasteiger charge is 2.27. The second-order valence-corrected chi connectivity index (χ2v) is 26.2. The summed E-state index contributed by atoms with van der Waals surface area (Å²) in [4.78, 5) is 21.5. The number of benzene rings is 7. The Hall–Kier alpha value is -7.70. The van der Waals surface area contributed by atoms with Gasteiger partial charge in [0.1, 0.15) is 0 Å². The van der Waals surface area contributed by atoms with Crippen molar-refractivity contribution in [1.29, 1.82) is 0 Å². The molecular formula is C70H72N6. The number of para-hydroxylation sites is 3. The maximum Gasteiger partial charge on any atom is 0.164 e. The normalized spacial score (nSPS) is 12.9. The lowest BCUT2D eigenvalue weighted by Gasteiger charge is -2.26. The molecular weight excluding hydrogens is 925 g/mol. The highest BCUT2D eigenvalue weighted by Crippen LogP contribution is 2.44. The molecule has 4 heterocycles. The van der Waals surface area contributed by atoms with E-state index in [2.05, 4.69) is 265 Å². The molecule has 11 rings (SSSR count). The third kappa shape index (κ3) is 9.10. The van der Waals surface area contributed by atoms with Gasteiger partial charge in [0.25, 0.3) is 0 Å². The molecule has 0 saturated carbocycles. The van der Waals surface area contributed by atoms with Gasteiger partial charge in [0, 0.05) is 55.6 Å². The van der Waals surface area contributed by atoms with Gasteiger partial charge in [-0.15, -0.1) is 0 Å². The van der Waals surface area contributed by atoms with E-state index < -0.39 is 0 Å². The maximum atomic E-state index is 5.55. The molecule has 0 amide bonds. The molecule has 0 aliphatic heterocycles. The zero-order chi connectivity index (χ0) is 53.9. The number of hydrogen-bond donors (Lipinski definition) is 0. The highest BCUT2D eigenvalue weighted by molar-refractivity contribution is 6.11. The Morgan fingerprint density at radius 2 is 0.697 bits per heavy atom. The van der Waals surface area contributed by atoms with Gasteiger partial charge >= 0.3 is 0 Å². The molecule has 0 aliphatic carbocycles. The van der Waals surface area contributed by atoms with Crippen LogP contribution < -0.4 is 0 Å². The predicted octanol–water partition coefficient (Wildman–Crippen LogP) is 18.6. The second kappa shape index (κ2) is 18.0. The van der Waals surface area contributed by atoms with Gasteiger partial charge in [0.2, 0.25) is 0 Å². The van der Waals surface area contributed by atoms with E-state index in [4.69, 9.17) is 19.9 Å². The van der Waals surface area contributed by atoms with Crippen LogP contribution >= 0.6 is 0 Å². The summed E-state index contributed by atoms with van der Waals surface area (Å²) >= 11 is 0. The highest BCUT2D eigenvalue weighted by atomic mass is 15.0. The average Bonchev–Trinajstić information content (AvgIpc) is 3.93. The van der Waals surface area contributed by atoms with Gasteiger partial charge in [-0.3, -0.25) is 4.98 Å². The van der Waals surface area contributed by atoms with Crippen molar-refractivity contribution < 1.29 is 0 Å². The van der Waals surface area contributed by atoms with Crippen LogP contribution in [0.2, 0.25) is 0 Å². The molecule has 7 aromatic carbocycles. The first-order chi connectivity index (χ1) is 35.8. The standard InChI is InChI=1S/C70H72N6/c1-66(2,3)46-29-31-61-56(41-46)53-24-18-21-27-59(53)76(61)62-42-71-33-32-54(62)55-38-43(28-30-60(55)75-57-25-19-16-22-51(57)52-23-17-20-26-58(52)75)63-72-64(44-34-47(67(4,5)6)39-48(35-44)68(7,8)9)74-65(73-63)45-36-49(69(10,11)12)40-50(37-45)70(13,14)15/h16-42H,1-15H3. The number of hydrogen-bond acceptors (Lipinski definition) is 4. The maximum absolute atomic E-state index is 5.55. The molecule has 382 valence electrons. The van der Waals surface area contributed by atoms with Crippen LogP contribution in [0, 0.1) is 0 Å². The SMILES string of the molecule is CC(C)(C)c1cc(-c2nc(-c3cc(C(C)(C)C)cc(C(C)(C)C)c3)nc(-c3ccc(-n4c5ccccc5c5ccccc54)c(-c4ccncc4-n4c5ccccc5c5cc(C(C)(C)C)ccc54)c3)n2)cc(C(C)(C)C)c1. The quantitative estimate of drug-likeness (QED) is 0.167. The Labute approximate surface area is 450 Å². The van der Waals surface area contributed by atoms with Crippen LogP contribution in [0.4, 0.5) is 0 Å². The molecule has 0 N–H and O–H groups in total. The Morgan fingerprint density at radius 3 is 1.14 bits per heavy atom. The molecule has 0 unspecified atom stereocenters. The van der Waals surface area contributed by atoms with Crippen LogP contribution in [-0.4, -0.2) is 29.1 Å². The summed E-state index contributed by atoms with van der Waals surface area (Å²) < 4.78 is 4.84. The van der Waals surface area contributed by atoms with Crippen LogP contribution in [0.25, 0.3) is 100 Å². The van der Waals surface area contributed by atoms with E-state index in [-0.39, 0.29) is 27.1 Å². The topological polar surface area (TPSA) is 61.4 Å². The lowest BCUT2D eigenvalue weighted by molar-refractivity contribution is 0.568. The average molecular weight is 997 g/mol. The number of pyridine rings is 1. The van der Waals surface area contributed by atoms with Gasteiger partial charge in [-0.1, -0.05) is 177 Å². The summed E-state index contributed by atoms with van der Waals surface area (Å²) in [6, 6.07) is 56.1. The molecule has 6 nitrogen and oxygen atoms in total. The van der Waals surface area contributed by atoms with Crippen molar-refractivity contribution in [3.8, 4) is 56.7 Å². The van der Waals surface area contributed by atoms with E-state index in [1.54, 1.807) is 0 Å². The summed E-state index contributed by atoms with van der Waals surface area (Å²) in [5, 5.41) is 4.82. The summed E-state index contributed by atoms with van der Waals surface area (Å²) in [7, 11) is 0. The van der Waals surface area contributed by atoms with Crippen molar-refractivity contribution in [2.24, 2.45) is 0 Å². The zero-order valence-corrected chi connectivity index (χ0v) is 47.3. The van der Waals surface area contributed by atoms with Crippen molar-refractivity contribution in [3.05, 3.63) is 192 Å². The van der Waals surface area contributed by atoms with Crippen molar-refractivity contribution in [2.75, 3.05) is 0 Å². The van der Waals surface area contributed by atoms with Gasteiger partial charge in [0.05, 0.1) is 39.6 Å². The fraction of sp³-hybridized carbons (Fsp3) is 0.286. The number of nitrogens with zero attached hydrogens (tertiary/aromatic N) is 6. The Balaban J connectivity index is 1.23. The van der Waals surface area contributed by atoms with Gasteiger partial charge in [-0.2, -0.15) is 0 Å². The van der Waals surface area contributed by atoms with E-state index in [1.165, 1.54) is 49.4 Å². The monoisotopic (exact) mass is 997 g/mol. The molecule has 0 atom stereocenters. The Kier molecular flexibility index (Phi) is 11.9. The van der Waals surface area contributed by atoms with Crippen molar-refractivity contribution >= 4 is 43.6 Å². The third-order valence-electron chi connectivity index (χ3n) is 15.4. The van der Waals surface area contributed by atoms with E-state index in [9.17, 15) is 0 Å². The van der Waals surface area contributed by atoms with Crippen molar-refractivity contribution in [1.82, 2.24) is 29.1 Å². The van der Waals surface area contributed by atoms with E-state index in [0.717, 1.165) is 61.3 Å². The largest absolute Gasteiger partial charge is 0.309 e. The van der Waals surface area contributed by atoms with Crippen LogP contribution in [0.1, 0.15) is 132 Å². The number of rotatable bonds is 6. The fourth-order valence-corrected chi connectivity index (χ4v) is 10.8. The second-order valence-electron chi connectivity index (χ2n) is 26.2.